The van der Waals surface area contributed by atoms with Crippen LogP contribution in [0.5, 0.6) is 0 Å². The van der Waals surface area contributed by atoms with Crippen LogP contribution in [0.1, 0.15) is 38.3 Å². The highest BCUT2D eigenvalue weighted by Crippen LogP contribution is 2.21. The molecule has 0 heterocycles. The van der Waals surface area contributed by atoms with Crippen molar-refractivity contribution in [3.05, 3.63) is 35.9 Å². The standard InChI is InChI=1S/C14H20N2O2/c1-3-10(4-2)13(17)12(16-14(15)18)11-8-6-5-7-9-11/h5-10,12H,3-4H2,1-2H3,(H3,15,16,18). The Morgan fingerprint density at radius 3 is 2.17 bits per heavy atom. The summed E-state index contributed by atoms with van der Waals surface area (Å²) in [5.41, 5.74) is 5.92. The van der Waals surface area contributed by atoms with Crippen molar-refractivity contribution in [1.82, 2.24) is 5.32 Å². The largest absolute Gasteiger partial charge is 0.352 e. The number of hydrogen-bond acceptors (Lipinski definition) is 2. The van der Waals surface area contributed by atoms with Gasteiger partial charge in [-0.05, 0) is 18.4 Å². The minimum Gasteiger partial charge on any atom is -0.352 e. The second-order valence-corrected chi connectivity index (χ2v) is 4.27. The van der Waals surface area contributed by atoms with Gasteiger partial charge in [0, 0.05) is 5.92 Å². The molecule has 1 atom stereocenters. The summed E-state index contributed by atoms with van der Waals surface area (Å²) in [5.74, 6) is -0.0351. The number of urea groups is 1. The second-order valence-electron chi connectivity index (χ2n) is 4.27. The Hall–Kier alpha value is -1.84. The lowest BCUT2D eigenvalue weighted by atomic mass is 9.89. The van der Waals surface area contributed by atoms with E-state index in [1.807, 2.05) is 44.2 Å². The molecule has 0 saturated heterocycles. The summed E-state index contributed by atoms with van der Waals surface area (Å²) in [7, 11) is 0. The molecule has 0 radical (unpaired) electrons. The number of amides is 2. The second kappa shape index (κ2) is 6.79. The summed E-state index contributed by atoms with van der Waals surface area (Å²) in [6.07, 6.45) is 1.53. The van der Waals surface area contributed by atoms with Crippen molar-refractivity contribution in [1.29, 1.82) is 0 Å². The maximum absolute atomic E-state index is 12.4. The van der Waals surface area contributed by atoms with Gasteiger partial charge in [0.15, 0.2) is 5.78 Å². The van der Waals surface area contributed by atoms with Crippen molar-refractivity contribution in [2.45, 2.75) is 32.7 Å². The molecule has 1 aromatic rings. The van der Waals surface area contributed by atoms with Crippen LogP contribution in [0.2, 0.25) is 0 Å². The smallest absolute Gasteiger partial charge is 0.313 e. The summed E-state index contributed by atoms with van der Waals surface area (Å²) in [4.78, 5) is 23.4. The van der Waals surface area contributed by atoms with Crippen molar-refractivity contribution in [3.63, 3.8) is 0 Å². The highest BCUT2D eigenvalue weighted by Gasteiger charge is 2.26. The van der Waals surface area contributed by atoms with Crippen molar-refractivity contribution >= 4 is 11.8 Å². The molecular formula is C14H20N2O2. The predicted octanol–water partition coefficient (Wildman–Crippen LogP) is 2.40. The number of primary amides is 1. The van der Waals surface area contributed by atoms with E-state index in [2.05, 4.69) is 5.32 Å². The van der Waals surface area contributed by atoms with Gasteiger partial charge in [0.05, 0.1) is 0 Å². The number of Topliss-reactive ketones (excluding diaryl/α,β-unsaturated/α-hetero) is 1. The monoisotopic (exact) mass is 248 g/mol. The third-order valence-electron chi connectivity index (χ3n) is 3.09. The number of hydrogen-bond donors (Lipinski definition) is 2. The van der Waals surface area contributed by atoms with E-state index in [1.54, 1.807) is 0 Å². The fourth-order valence-corrected chi connectivity index (χ4v) is 2.03. The van der Waals surface area contributed by atoms with Crippen LogP contribution in [0.25, 0.3) is 0 Å². The van der Waals surface area contributed by atoms with E-state index in [4.69, 9.17) is 5.73 Å². The van der Waals surface area contributed by atoms with E-state index in [0.717, 1.165) is 18.4 Å². The number of benzene rings is 1. The van der Waals surface area contributed by atoms with Gasteiger partial charge in [0.1, 0.15) is 6.04 Å². The average Bonchev–Trinajstić information content (AvgIpc) is 2.38. The van der Waals surface area contributed by atoms with Gasteiger partial charge < -0.3 is 11.1 Å². The Balaban J connectivity index is 2.98. The molecule has 4 nitrogen and oxygen atoms in total. The minimum absolute atomic E-state index is 0.0185. The van der Waals surface area contributed by atoms with Gasteiger partial charge in [-0.3, -0.25) is 4.79 Å². The summed E-state index contributed by atoms with van der Waals surface area (Å²) in [5, 5.41) is 2.53. The zero-order valence-electron chi connectivity index (χ0n) is 10.8. The van der Waals surface area contributed by atoms with Gasteiger partial charge in [-0.2, -0.15) is 0 Å². The fourth-order valence-electron chi connectivity index (χ4n) is 2.03. The van der Waals surface area contributed by atoms with Crippen LogP contribution >= 0.6 is 0 Å². The lowest BCUT2D eigenvalue weighted by Gasteiger charge is -2.21. The van der Waals surface area contributed by atoms with Gasteiger partial charge in [-0.1, -0.05) is 44.2 Å². The summed E-state index contributed by atoms with van der Waals surface area (Å²) in [6.45, 7) is 3.94. The van der Waals surface area contributed by atoms with E-state index in [0.29, 0.717) is 0 Å². The first-order chi connectivity index (χ1) is 8.60. The topological polar surface area (TPSA) is 72.2 Å². The van der Waals surface area contributed by atoms with Gasteiger partial charge >= 0.3 is 6.03 Å². The van der Waals surface area contributed by atoms with E-state index >= 15 is 0 Å². The van der Waals surface area contributed by atoms with E-state index < -0.39 is 12.1 Å². The summed E-state index contributed by atoms with van der Waals surface area (Å²) >= 11 is 0. The SMILES string of the molecule is CCC(CC)C(=O)C(NC(N)=O)c1ccccc1. The highest BCUT2D eigenvalue weighted by atomic mass is 16.2. The van der Waals surface area contributed by atoms with E-state index in [9.17, 15) is 9.59 Å². The Morgan fingerprint density at radius 2 is 1.72 bits per heavy atom. The molecule has 0 aliphatic heterocycles. The number of carbonyl (C=O) groups is 2. The number of carbonyl (C=O) groups excluding carboxylic acids is 2. The molecule has 0 spiro atoms. The van der Waals surface area contributed by atoms with Gasteiger partial charge in [-0.15, -0.1) is 0 Å². The molecule has 0 aromatic heterocycles. The van der Waals surface area contributed by atoms with Crippen LogP contribution in [0.3, 0.4) is 0 Å². The van der Waals surface area contributed by atoms with E-state index in [1.165, 1.54) is 0 Å². The van der Waals surface area contributed by atoms with Crippen molar-refractivity contribution in [3.8, 4) is 0 Å². The number of nitrogens with one attached hydrogen (secondary N) is 1. The molecule has 3 N–H and O–H groups in total. The maximum Gasteiger partial charge on any atom is 0.313 e. The molecule has 98 valence electrons. The summed E-state index contributed by atoms with van der Waals surface area (Å²) in [6, 6.07) is 7.86. The first-order valence-corrected chi connectivity index (χ1v) is 6.24. The third kappa shape index (κ3) is 3.58. The zero-order valence-corrected chi connectivity index (χ0v) is 10.8. The van der Waals surface area contributed by atoms with Crippen LogP contribution in [-0.4, -0.2) is 11.8 Å². The van der Waals surface area contributed by atoms with Gasteiger partial charge in [0.25, 0.3) is 0 Å². The average molecular weight is 248 g/mol. The van der Waals surface area contributed by atoms with Crippen LogP contribution in [-0.2, 0) is 4.79 Å². The molecule has 0 aliphatic rings. The zero-order chi connectivity index (χ0) is 13.5. The normalized spacial score (nSPS) is 12.2. The number of ketones is 1. The Kier molecular flexibility index (Phi) is 5.36. The van der Waals surface area contributed by atoms with Crippen LogP contribution in [0, 0.1) is 5.92 Å². The third-order valence-corrected chi connectivity index (χ3v) is 3.09. The molecule has 1 unspecified atom stereocenters. The number of nitrogens with two attached hydrogens (primary N) is 1. The molecule has 0 aliphatic carbocycles. The maximum atomic E-state index is 12.4. The van der Waals surface area contributed by atoms with Crippen LogP contribution in [0.15, 0.2) is 30.3 Å². The molecule has 1 rings (SSSR count). The van der Waals surface area contributed by atoms with Gasteiger partial charge in [0.2, 0.25) is 0 Å². The lowest BCUT2D eigenvalue weighted by Crippen LogP contribution is -2.39. The highest BCUT2D eigenvalue weighted by molar-refractivity contribution is 5.90. The molecule has 0 saturated carbocycles. The van der Waals surface area contributed by atoms with Crippen molar-refractivity contribution in [2.24, 2.45) is 11.7 Å². The van der Waals surface area contributed by atoms with Crippen LogP contribution in [0.4, 0.5) is 4.79 Å². The molecule has 0 bridgehead atoms. The summed E-state index contributed by atoms with van der Waals surface area (Å²) < 4.78 is 0. The Bertz CT molecular complexity index is 400. The predicted molar refractivity (Wildman–Crippen MR) is 71.0 cm³/mol. The van der Waals surface area contributed by atoms with Crippen molar-refractivity contribution < 1.29 is 9.59 Å². The molecule has 18 heavy (non-hydrogen) atoms. The lowest BCUT2D eigenvalue weighted by molar-refractivity contribution is -0.125. The molecule has 2 amide bonds. The minimum atomic E-state index is -0.678. The number of rotatable bonds is 6. The van der Waals surface area contributed by atoms with E-state index in [-0.39, 0.29) is 11.7 Å². The first-order valence-electron chi connectivity index (χ1n) is 6.24. The Labute approximate surface area is 108 Å². The molecular weight excluding hydrogens is 228 g/mol. The first kappa shape index (κ1) is 14.2. The quantitative estimate of drug-likeness (QED) is 0.811. The fraction of sp³-hybridized carbons (Fsp3) is 0.429. The molecule has 4 heteroatoms. The Morgan fingerprint density at radius 1 is 1.17 bits per heavy atom. The van der Waals surface area contributed by atoms with Gasteiger partial charge in [-0.25, -0.2) is 4.79 Å². The van der Waals surface area contributed by atoms with Crippen LogP contribution < -0.4 is 11.1 Å². The molecule has 0 fully saturated rings. The van der Waals surface area contributed by atoms with Crippen molar-refractivity contribution in [2.75, 3.05) is 0 Å². The molecule has 1 aromatic carbocycles.